The minimum Gasteiger partial charge on any atom is -0.233 e. The van der Waals surface area contributed by atoms with E-state index in [-0.39, 0.29) is 0 Å². The van der Waals surface area contributed by atoms with E-state index in [9.17, 15) is 0 Å². The van der Waals surface area contributed by atoms with Crippen LogP contribution in [0, 0.1) is 13.8 Å². The molecule has 5 aromatic rings. The lowest BCUT2D eigenvalue weighted by Gasteiger charge is -2.12. The summed E-state index contributed by atoms with van der Waals surface area (Å²) in [5.41, 5.74) is 8.35. The summed E-state index contributed by atoms with van der Waals surface area (Å²) < 4.78 is 4.05. The van der Waals surface area contributed by atoms with Gasteiger partial charge in [-0.15, -0.1) is 0 Å². The van der Waals surface area contributed by atoms with Gasteiger partial charge in [-0.2, -0.15) is 10.2 Å². The fraction of sp³-hybridized carbons (Fsp3) is 0.0769. The van der Waals surface area contributed by atoms with Crippen LogP contribution in [0.1, 0.15) is 11.3 Å². The molecule has 0 amide bonds. The van der Waals surface area contributed by atoms with Crippen LogP contribution in [0.25, 0.3) is 33.9 Å². The molecule has 5 rings (SSSR count). The SMILES string of the molecule is Cc1cnn(-c2c(-c3ccccc3)nn(-c3ccccc3)c2-c2ccccc2)c1C. The molecule has 2 aromatic heterocycles. The van der Waals surface area contributed by atoms with Crippen molar-refractivity contribution in [2.75, 3.05) is 0 Å². The summed E-state index contributed by atoms with van der Waals surface area (Å²) in [5, 5.41) is 9.84. The molecule has 146 valence electrons. The zero-order chi connectivity index (χ0) is 20.5. The Bertz CT molecular complexity index is 1280. The lowest BCUT2D eigenvalue weighted by molar-refractivity contribution is 0.846. The maximum absolute atomic E-state index is 5.11. The Hall–Kier alpha value is -3.92. The van der Waals surface area contributed by atoms with Crippen molar-refractivity contribution in [1.82, 2.24) is 19.6 Å². The topological polar surface area (TPSA) is 35.6 Å². The molecule has 0 saturated carbocycles. The molecule has 4 nitrogen and oxygen atoms in total. The van der Waals surface area contributed by atoms with Gasteiger partial charge in [-0.25, -0.2) is 9.36 Å². The highest BCUT2D eigenvalue weighted by Gasteiger charge is 2.24. The molecule has 3 aromatic carbocycles. The summed E-state index contributed by atoms with van der Waals surface area (Å²) in [6.45, 7) is 4.19. The second kappa shape index (κ2) is 7.48. The van der Waals surface area contributed by atoms with Gasteiger partial charge in [-0.1, -0.05) is 78.9 Å². The number of nitrogens with zero attached hydrogens (tertiary/aromatic N) is 4. The number of hydrogen-bond acceptors (Lipinski definition) is 2. The van der Waals surface area contributed by atoms with Crippen LogP contribution in [0.2, 0.25) is 0 Å². The van der Waals surface area contributed by atoms with Crippen molar-refractivity contribution in [1.29, 1.82) is 0 Å². The summed E-state index contributed by atoms with van der Waals surface area (Å²) in [6.07, 6.45) is 1.92. The van der Waals surface area contributed by atoms with Gasteiger partial charge in [0.15, 0.2) is 0 Å². The molecule has 0 atom stereocenters. The number of aromatic nitrogens is 4. The summed E-state index contributed by atoms with van der Waals surface area (Å²) in [5.74, 6) is 0. The molecule has 2 heterocycles. The van der Waals surface area contributed by atoms with Crippen LogP contribution in [-0.2, 0) is 0 Å². The van der Waals surface area contributed by atoms with Crippen LogP contribution in [-0.4, -0.2) is 19.6 Å². The average Bonchev–Trinajstić information content (AvgIpc) is 3.36. The monoisotopic (exact) mass is 390 g/mol. The van der Waals surface area contributed by atoms with E-state index < -0.39 is 0 Å². The molecular formula is C26H22N4. The fourth-order valence-electron chi connectivity index (χ4n) is 3.73. The normalized spacial score (nSPS) is 11.0. The summed E-state index contributed by atoms with van der Waals surface area (Å²) >= 11 is 0. The van der Waals surface area contributed by atoms with Gasteiger partial charge < -0.3 is 0 Å². The summed E-state index contributed by atoms with van der Waals surface area (Å²) in [4.78, 5) is 0. The van der Waals surface area contributed by atoms with Crippen molar-refractivity contribution in [2.45, 2.75) is 13.8 Å². The van der Waals surface area contributed by atoms with Crippen LogP contribution < -0.4 is 0 Å². The van der Waals surface area contributed by atoms with E-state index in [1.165, 1.54) is 0 Å². The van der Waals surface area contributed by atoms with Crippen molar-refractivity contribution in [3.05, 3.63) is 108 Å². The molecule has 0 aliphatic carbocycles. The molecule has 0 aliphatic heterocycles. The molecule has 0 aliphatic rings. The maximum atomic E-state index is 5.11. The third-order valence-corrected chi connectivity index (χ3v) is 5.42. The first-order chi connectivity index (χ1) is 14.7. The first-order valence-corrected chi connectivity index (χ1v) is 10.0. The number of hydrogen-bond donors (Lipinski definition) is 0. The minimum atomic E-state index is 0.907. The predicted octanol–water partition coefficient (Wildman–Crippen LogP) is 6.01. The fourth-order valence-corrected chi connectivity index (χ4v) is 3.73. The van der Waals surface area contributed by atoms with Gasteiger partial charge >= 0.3 is 0 Å². The van der Waals surface area contributed by atoms with Crippen molar-refractivity contribution >= 4 is 0 Å². The highest BCUT2D eigenvalue weighted by molar-refractivity contribution is 5.83. The van der Waals surface area contributed by atoms with E-state index in [0.29, 0.717) is 0 Å². The van der Waals surface area contributed by atoms with Crippen molar-refractivity contribution in [2.24, 2.45) is 0 Å². The third kappa shape index (κ3) is 3.03. The van der Waals surface area contributed by atoms with Gasteiger partial charge in [0.1, 0.15) is 17.1 Å². The van der Waals surface area contributed by atoms with Crippen LogP contribution in [0.4, 0.5) is 0 Å². The molecule has 30 heavy (non-hydrogen) atoms. The van der Waals surface area contributed by atoms with Gasteiger partial charge in [-0.3, -0.25) is 0 Å². The second-order valence-corrected chi connectivity index (χ2v) is 7.35. The molecule has 0 unspecified atom stereocenters. The lowest BCUT2D eigenvalue weighted by atomic mass is 10.1. The van der Waals surface area contributed by atoms with Crippen LogP contribution in [0.15, 0.2) is 97.2 Å². The minimum absolute atomic E-state index is 0.907. The average molecular weight is 390 g/mol. The van der Waals surface area contributed by atoms with E-state index >= 15 is 0 Å². The molecule has 0 spiro atoms. The second-order valence-electron chi connectivity index (χ2n) is 7.35. The molecular weight excluding hydrogens is 368 g/mol. The summed E-state index contributed by atoms with van der Waals surface area (Å²) in [6, 6.07) is 31.0. The Morgan fingerprint density at radius 1 is 0.633 bits per heavy atom. The molecule has 4 heteroatoms. The number of benzene rings is 3. The van der Waals surface area contributed by atoms with Gasteiger partial charge in [0.05, 0.1) is 11.9 Å². The standard InChI is InChI=1S/C26H22N4/c1-19-18-27-29(20(19)2)26-24(21-12-6-3-7-13-21)28-30(23-16-10-5-11-17-23)25(26)22-14-8-4-9-15-22/h3-18H,1-2H3. The van der Waals surface area contributed by atoms with Crippen LogP contribution in [0.5, 0.6) is 0 Å². The molecule has 0 N–H and O–H groups in total. The van der Waals surface area contributed by atoms with Gasteiger partial charge in [0, 0.05) is 16.8 Å². The van der Waals surface area contributed by atoms with Crippen molar-refractivity contribution < 1.29 is 0 Å². The van der Waals surface area contributed by atoms with E-state index in [1.807, 2.05) is 58.0 Å². The van der Waals surface area contributed by atoms with E-state index in [4.69, 9.17) is 10.2 Å². The van der Waals surface area contributed by atoms with E-state index in [0.717, 1.165) is 45.1 Å². The molecule has 0 radical (unpaired) electrons. The zero-order valence-electron chi connectivity index (χ0n) is 17.0. The molecule has 0 fully saturated rings. The van der Waals surface area contributed by atoms with Crippen LogP contribution >= 0.6 is 0 Å². The Balaban J connectivity index is 1.91. The van der Waals surface area contributed by atoms with Crippen molar-refractivity contribution in [3.63, 3.8) is 0 Å². The lowest BCUT2D eigenvalue weighted by Crippen LogP contribution is -2.04. The Kier molecular flexibility index (Phi) is 4.52. The Morgan fingerprint density at radius 2 is 1.20 bits per heavy atom. The Morgan fingerprint density at radius 3 is 1.77 bits per heavy atom. The summed E-state index contributed by atoms with van der Waals surface area (Å²) in [7, 11) is 0. The van der Waals surface area contributed by atoms with Crippen molar-refractivity contribution in [3.8, 4) is 33.9 Å². The number of rotatable bonds is 4. The molecule has 0 bridgehead atoms. The van der Waals surface area contributed by atoms with E-state index in [1.54, 1.807) is 0 Å². The van der Waals surface area contributed by atoms with Crippen LogP contribution in [0.3, 0.4) is 0 Å². The first-order valence-electron chi connectivity index (χ1n) is 10.0. The third-order valence-electron chi connectivity index (χ3n) is 5.42. The highest BCUT2D eigenvalue weighted by atomic mass is 15.4. The van der Waals surface area contributed by atoms with Gasteiger partial charge in [0.2, 0.25) is 0 Å². The number of para-hydroxylation sites is 1. The molecule has 0 saturated heterocycles. The predicted molar refractivity (Wildman–Crippen MR) is 121 cm³/mol. The number of aryl methyl sites for hydroxylation is 1. The van der Waals surface area contributed by atoms with E-state index in [2.05, 4.69) is 62.4 Å². The Labute approximate surface area is 176 Å². The quantitative estimate of drug-likeness (QED) is 0.377. The highest BCUT2D eigenvalue weighted by Crippen LogP contribution is 2.37. The smallest absolute Gasteiger partial charge is 0.119 e. The zero-order valence-corrected chi connectivity index (χ0v) is 17.0. The largest absolute Gasteiger partial charge is 0.233 e. The van der Waals surface area contributed by atoms with Gasteiger partial charge in [0.25, 0.3) is 0 Å². The van der Waals surface area contributed by atoms with Gasteiger partial charge in [-0.05, 0) is 31.5 Å². The maximum Gasteiger partial charge on any atom is 0.119 e. The first kappa shape index (κ1) is 18.1.